The molecule has 2 rings (SSSR count). The number of likely N-dealkylation sites (tertiary alicyclic amines) is 1. The molecule has 1 unspecified atom stereocenters. The topological polar surface area (TPSA) is 84.4 Å². The highest BCUT2D eigenvalue weighted by molar-refractivity contribution is 5.78. The average molecular weight is 266 g/mol. The minimum absolute atomic E-state index is 0.0625. The Hall–Kier alpha value is -1.40. The van der Waals surface area contributed by atoms with Gasteiger partial charge in [0, 0.05) is 26.2 Å². The third-order valence-corrected chi connectivity index (χ3v) is 3.54. The summed E-state index contributed by atoms with van der Waals surface area (Å²) in [5.41, 5.74) is 6.36. The number of hydrogen-bond acceptors (Lipinski definition) is 5. The number of piperidine rings is 1. The van der Waals surface area contributed by atoms with Crippen LogP contribution in [0, 0.1) is 12.8 Å². The summed E-state index contributed by atoms with van der Waals surface area (Å²) in [6, 6.07) is 0. The van der Waals surface area contributed by atoms with Gasteiger partial charge in [0.1, 0.15) is 5.76 Å². The molecule has 2 heterocycles. The van der Waals surface area contributed by atoms with Gasteiger partial charge in [0.15, 0.2) is 6.39 Å². The smallest absolute Gasteiger partial charge is 0.224 e. The van der Waals surface area contributed by atoms with Gasteiger partial charge in [-0.05, 0) is 26.3 Å². The first kappa shape index (κ1) is 14.0. The summed E-state index contributed by atoms with van der Waals surface area (Å²) in [6.07, 6.45) is 3.46. The Morgan fingerprint density at radius 2 is 2.53 bits per heavy atom. The second kappa shape index (κ2) is 6.68. The fourth-order valence-electron chi connectivity index (χ4n) is 2.44. The van der Waals surface area contributed by atoms with Crippen molar-refractivity contribution >= 4 is 5.91 Å². The van der Waals surface area contributed by atoms with E-state index in [1.165, 1.54) is 6.39 Å². The van der Waals surface area contributed by atoms with Crippen molar-refractivity contribution < 1.29 is 9.21 Å². The number of oxazole rings is 1. The van der Waals surface area contributed by atoms with Crippen molar-refractivity contribution in [2.45, 2.75) is 26.3 Å². The van der Waals surface area contributed by atoms with Crippen molar-refractivity contribution in [3.05, 3.63) is 17.8 Å². The van der Waals surface area contributed by atoms with Crippen LogP contribution in [0.5, 0.6) is 0 Å². The first-order chi connectivity index (χ1) is 9.20. The molecule has 0 radical (unpaired) electrons. The third-order valence-electron chi connectivity index (χ3n) is 3.54. The molecule has 1 aliphatic heterocycles. The van der Waals surface area contributed by atoms with E-state index < -0.39 is 0 Å². The summed E-state index contributed by atoms with van der Waals surface area (Å²) < 4.78 is 5.20. The molecule has 1 amide bonds. The summed E-state index contributed by atoms with van der Waals surface area (Å²) >= 11 is 0. The third kappa shape index (κ3) is 3.78. The molecule has 106 valence electrons. The maximum absolute atomic E-state index is 11.9. The number of nitrogens with zero attached hydrogens (tertiary/aromatic N) is 2. The van der Waals surface area contributed by atoms with Gasteiger partial charge in [-0.1, -0.05) is 0 Å². The van der Waals surface area contributed by atoms with Crippen LogP contribution in [0.2, 0.25) is 0 Å². The molecule has 0 bridgehead atoms. The van der Waals surface area contributed by atoms with Crippen molar-refractivity contribution in [1.82, 2.24) is 15.2 Å². The standard InChI is InChI=1S/C13H22N4O2/c1-10-12(16-9-19-10)8-17-6-2-3-11(7-17)13(18)15-5-4-14/h9,11H,2-8,14H2,1H3,(H,15,18). The zero-order valence-electron chi connectivity index (χ0n) is 11.4. The average Bonchev–Trinajstić information content (AvgIpc) is 2.82. The molecule has 1 atom stereocenters. The molecular formula is C13H22N4O2. The number of nitrogens with one attached hydrogen (secondary N) is 1. The minimum atomic E-state index is 0.0625. The molecule has 1 saturated heterocycles. The number of amides is 1. The molecule has 6 heteroatoms. The fourth-order valence-corrected chi connectivity index (χ4v) is 2.44. The summed E-state index contributed by atoms with van der Waals surface area (Å²) in [5.74, 6) is 1.04. The van der Waals surface area contributed by atoms with Gasteiger partial charge in [-0.2, -0.15) is 0 Å². The number of nitrogens with two attached hydrogens (primary N) is 1. The maximum Gasteiger partial charge on any atom is 0.224 e. The molecular weight excluding hydrogens is 244 g/mol. The predicted octanol–water partition coefficient (Wildman–Crippen LogP) is 0.270. The monoisotopic (exact) mass is 266 g/mol. The minimum Gasteiger partial charge on any atom is -0.448 e. The highest BCUT2D eigenvalue weighted by atomic mass is 16.3. The molecule has 1 aromatic heterocycles. The largest absolute Gasteiger partial charge is 0.448 e. The van der Waals surface area contributed by atoms with E-state index in [0.29, 0.717) is 13.1 Å². The Balaban J connectivity index is 1.86. The van der Waals surface area contributed by atoms with Gasteiger partial charge in [-0.3, -0.25) is 9.69 Å². The summed E-state index contributed by atoms with van der Waals surface area (Å²) in [4.78, 5) is 18.4. The van der Waals surface area contributed by atoms with Crippen LogP contribution in [0.1, 0.15) is 24.3 Å². The normalized spacial score (nSPS) is 20.4. The second-order valence-electron chi connectivity index (χ2n) is 5.01. The lowest BCUT2D eigenvalue weighted by molar-refractivity contribution is -0.126. The molecule has 19 heavy (non-hydrogen) atoms. The maximum atomic E-state index is 11.9. The van der Waals surface area contributed by atoms with Gasteiger partial charge in [0.2, 0.25) is 5.91 Å². The lowest BCUT2D eigenvalue weighted by Crippen LogP contribution is -2.43. The van der Waals surface area contributed by atoms with Crippen molar-refractivity contribution in [1.29, 1.82) is 0 Å². The Bertz CT molecular complexity index is 419. The van der Waals surface area contributed by atoms with Crippen molar-refractivity contribution in [2.75, 3.05) is 26.2 Å². The highest BCUT2D eigenvalue weighted by Gasteiger charge is 2.26. The Kier molecular flexibility index (Phi) is 4.93. The van der Waals surface area contributed by atoms with E-state index in [0.717, 1.165) is 43.9 Å². The van der Waals surface area contributed by atoms with Crippen LogP contribution >= 0.6 is 0 Å². The first-order valence-corrected chi connectivity index (χ1v) is 6.79. The van der Waals surface area contributed by atoms with Gasteiger partial charge in [0.05, 0.1) is 11.6 Å². The van der Waals surface area contributed by atoms with Crippen molar-refractivity contribution in [3.63, 3.8) is 0 Å². The van der Waals surface area contributed by atoms with Crippen LogP contribution in [-0.2, 0) is 11.3 Å². The quantitative estimate of drug-likeness (QED) is 0.799. The van der Waals surface area contributed by atoms with Crippen molar-refractivity contribution in [2.24, 2.45) is 11.7 Å². The molecule has 0 aliphatic carbocycles. The van der Waals surface area contributed by atoms with Crippen LogP contribution < -0.4 is 11.1 Å². The van der Waals surface area contributed by atoms with Gasteiger partial charge < -0.3 is 15.5 Å². The van der Waals surface area contributed by atoms with Crippen LogP contribution in [0.3, 0.4) is 0 Å². The van der Waals surface area contributed by atoms with Crippen LogP contribution in [0.15, 0.2) is 10.8 Å². The van der Waals surface area contributed by atoms with Gasteiger partial charge >= 0.3 is 0 Å². The molecule has 1 aliphatic rings. The lowest BCUT2D eigenvalue weighted by Gasteiger charge is -2.31. The number of aromatic nitrogens is 1. The fraction of sp³-hybridized carbons (Fsp3) is 0.692. The van der Waals surface area contributed by atoms with E-state index in [4.69, 9.17) is 10.2 Å². The van der Waals surface area contributed by atoms with Gasteiger partial charge in [0.25, 0.3) is 0 Å². The van der Waals surface area contributed by atoms with E-state index in [1.807, 2.05) is 6.92 Å². The van der Waals surface area contributed by atoms with Crippen LogP contribution in [0.4, 0.5) is 0 Å². The van der Waals surface area contributed by atoms with E-state index in [1.54, 1.807) is 0 Å². The molecule has 1 fully saturated rings. The Morgan fingerprint density at radius 1 is 1.68 bits per heavy atom. The van der Waals surface area contributed by atoms with E-state index in [9.17, 15) is 4.79 Å². The zero-order chi connectivity index (χ0) is 13.7. The SMILES string of the molecule is Cc1ocnc1CN1CCCC(C(=O)NCCN)C1. The summed E-state index contributed by atoms with van der Waals surface area (Å²) in [5, 5.41) is 2.87. The number of carbonyl (C=O) groups excluding carboxylic acids is 1. The molecule has 0 spiro atoms. The molecule has 0 aromatic carbocycles. The molecule has 0 saturated carbocycles. The van der Waals surface area contributed by atoms with Crippen molar-refractivity contribution in [3.8, 4) is 0 Å². The molecule has 3 N–H and O–H groups in total. The predicted molar refractivity (Wildman–Crippen MR) is 71.3 cm³/mol. The lowest BCUT2D eigenvalue weighted by atomic mass is 9.97. The van der Waals surface area contributed by atoms with E-state index in [2.05, 4.69) is 15.2 Å². The van der Waals surface area contributed by atoms with E-state index in [-0.39, 0.29) is 11.8 Å². The van der Waals surface area contributed by atoms with Gasteiger partial charge in [-0.25, -0.2) is 4.98 Å². The van der Waals surface area contributed by atoms with Crippen LogP contribution in [0.25, 0.3) is 0 Å². The summed E-state index contributed by atoms with van der Waals surface area (Å²) in [7, 11) is 0. The number of hydrogen-bond donors (Lipinski definition) is 2. The van der Waals surface area contributed by atoms with E-state index >= 15 is 0 Å². The molecule has 6 nitrogen and oxygen atoms in total. The number of rotatable bonds is 5. The van der Waals surface area contributed by atoms with Gasteiger partial charge in [-0.15, -0.1) is 0 Å². The number of carbonyl (C=O) groups is 1. The Labute approximate surface area is 113 Å². The zero-order valence-corrected chi connectivity index (χ0v) is 11.4. The molecule has 1 aromatic rings. The summed E-state index contributed by atoms with van der Waals surface area (Å²) in [6.45, 7) is 5.49. The Morgan fingerprint density at radius 3 is 3.21 bits per heavy atom. The number of aryl methyl sites for hydroxylation is 1. The first-order valence-electron chi connectivity index (χ1n) is 6.79. The highest BCUT2D eigenvalue weighted by Crippen LogP contribution is 2.19. The van der Waals surface area contributed by atoms with Crippen LogP contribution in [-0.4, -0.2) is 42.0 Å². The second-order valence-corrected chi connectivity index (χ2v) is 5.01.